The van der Waals surface area contributed by atoms with Gasteiger partial charge in [0.15, 0.2) is 0 Å². The third-order valence-electron chi connectivity index (χ3n) is 4.33. The molecule has 1 aromatic carbocycles. The van der Waals surface area contributed by atoms with Crippen LogP contribution in [0.4, 0.5) is 10.5 Å². The monoisotopic (exact) mass is 363 g/mol. The summed E-state index contributed by atoms with van der Waals surface area (Å²) >= 11 is 0. The van der Waals surface area contributed by atoms with E-state index in [4.69, 9.17) is 10.6 Å². The van der Waals surface area contributed by atoms with E-state index in [1.807, 2.05) is 27.8 Å². The van der Waals surface area contributed by atoms with Crippen LogP contribution in [0.2, 0.25) is 0 Å². The highest BCUT2D eigenvalue weighted by Gasteiger charge is 2.30. The zero-order valence-corrected chi connectivity index (χ0v) is 15.9. The van der Waals surface area contributed by atoms with Crippen molar-refractivity contribution in [3.8, 4) is 0 Å². The van der Waals surface area contributed by atoms with Crippen molar-refractivity contribution in [2.45, 2.75) is 45.3 Å². The maximum atomic E-state index is 12.7. The van der Waals surface area contributed by atoms with E-state index >= 15 is 0 Å². The van der Waals surface area contributed by atoms with Gasteiger partial charge in [-0.15, -0.1) is 0 Å². The highest BCUT2D eigenvalue weighted by atomic mass is 16.6. The fourth-order valence-electron chi connectivity index (χ4n) is 2.91. The number of carbonyl (C=O) groups excluding carboxylic acids is 2. The number of hydrazine groups is 2. The number of carbonyl (C=O) groups is 2. The van der Waals surface area contributed by atoms with E-state index in [-0.39, 0.29) is 18.0 Å². The molecule has 1 aliphatic rings. The van der Waals surface area contributed by atoms with Gasteiger partial charge in [0.1, 0.15) is 5.60 Å². The molecule has 0 radical (unpaired) electrons. The Balaban J connectivity index is 1.90. The molecule has 1 fully saturated rings. The normalized spacial score (nSPS) is 15.5. The zero-order valence-electron chi connectivity index (χ0n) is 15.9. The number of amides is 2. The van der Waals surface area contributed by atoms with Crippen LogP contribution in [-0.4, -0.2) is 53.6 Å². The average Bonchev–Trinajstić information content (AvgIpc) is 2.60. The van der Waals surface area contributed by atoms with Crippen molar-refractivity contribution in [1.29, 1.82) is 0 Å². The Morgan fingerprint density at radius 3 is 2.27 bits per heavy atom. The van der Waals surface area contributed by atoms with Crippen molar-refractivity contribution in [2.24, 2.45) is 5.84 Å². The predicted octanol–water partition coefficient (Wildman–Crippen LogP) is 1.95. The Kier molecular flexibility index (Phi) is 6.44. The molecule has 0 spiro atoms. The van der Waals surface area contributed by atoms with Crippen molar-refractivity contribution in [1.82, 2.24) is 15.3 Å². The van der Waals surface area contributed by atoms with E-state index in [0.29, 0.717) is 18.7 Å². The van der Waals surface area contributed by atoms with Crippen LogP contribution in [0.1, 0.15) is 44.0 Å². The van der Waals surface area contributed by atoms with Crippen molar-refractivity contribution in [3.05, 3.63) is 29.8 Å². The second-order valence-corrected chi connectivity index (χ2v) is 7.46. The Bertz CT molecular complexity index is 619. The standard InChI is InChI=1S/C18H29N5O3/c1-18(2,3)26-17(25)23-11-9-15(10-12-23)22(4)16(24)13-5-7-14(8-6-13)20-21-19/h5-8,15,20-21H,9-12,19H2,1-4H3. The van der Waals surface area contributed by atoms with Crippen LogP contribution in [-0.2, 0) is 4.74 Å². The molecule has 4 N–H and O–H groups in total. The molecule has 2 amide bonds. The Morgan fingerprint density at radius 2 is 1.77 bits per heavy atom. The van der Waals surface area contributed by atoms with Gasteiger partial charge in [-0.1, -0.05) is 0 Å². The van der Waals surface area contributed by atoms with Crippen molar-refractivity contribution in [3.63, 3.8) is 0 Å². The lowest BCUT2D eigenvalue weighted by molar-refractivity contribution is 0.0160. The summed E-state index contributed by atoms with van der Waals surface area (Å²) < 4.78 is 5.41. The second kappa shape index (κ2) is 8.37. The molecule has 0 aliphatic carbocycles. The largest absolute Gasteiger partial charge is 0.444 e. The highest BCUT2D eigenvalue weighted by molar-refractivity contribution is 5.94. The van der Waals surface area contributed by atoms with Gasteiger partial charge < -0.3 is 20.0 Å². The van der Waals surface area contributed by atoms with Gasteiger partial charge in [-0.3, -0.25) is 10.6 Å². The van der Waals surface area contributed by atoms with E-state index in [9.17, 15) is 9.59 Å². The molecule has 144 valence electrons. The van der Waals surface area contributed by atoms with Gasteiger partial charge in [0.25, 0.3) is 5.91 Å². The molecular weight excluding hydrogens is 334 g/mol. The molecule has 1 saturated heterocycles. The number of benzene rings is 1. The third kappa shape index (κ3) is 5.34. The minimum absolute atomic E-state index is 0.0343. The van der Waals surface area contributed by atoms with Gasteiger partial charge >= 0.3 is 6.09 Å². The number of piperidine rings is 1. The number of likely N-dealkylation sites (tertiary alicyclic amines) is 1. The number of nitrogens with one attached hydrogen (secondary N) is 2. The van der Waals surface area contributed by atoms with Gasteiger partial charge in [0, 0.05) is 31.7 Å². The van der Waals surface area contributed by atoms with Crippen LogP contribution in [0.5, 0.6) is 0 Å². The first-order chi connectivity index (χ1) is 12.2. The Labute approximate surface area is 154 Å². The van der Waals surface area contributed by atoms with Crippen LogP contribution in [0.25, 0.3) is 0 Å². The van der Waals surface area contributed by atoms with Crippen molar-refractivity contribution >= 4 is 17.7 Å². The number of hydrogen-bond acceptors (Lipinski definition) is 6. The van der Waals surface area contributed by atoms with Crippen LogP contribution in [0.15, 0.2) is 24.3 Å². The van der Waals surface area contributed by atoms with Crippen LogP contribution < -0.4 is 16.8 Å². The number of hydrogen-bond donors (Lipinski definition) is 3. The quantitative estimate of drug-likeness (QED) is 0.558. The minimum Gasteiger partial charge on any atom is -0.444 e. The van der Waals surface area contributed by atoms with Gasteiger partial charge in [-0.05, 0) is 57.9 Å². The molecule has 1 aromatic rings. The molecule has 8 heteroatoms. The molecule has 0 bridgehead atoms. The SMILES string of the molecule is CN(C(=O)c1ccc(NNN)cc1)C1CCN(C(=O)OC(C)(C)C)CC1. The molecule has 0 unspecified atom stereocenters. The molecule has 0 atom stereocenters. The molecule has 0 aromatic heterocycles. The van der Waals surface area contributed by atoms with Gasteiger partial charge in [0.05, 0.1) is 5.69 Å². The lowest BCUT2D eigenvalue weighted by atomic mass is 10.0. The van der Waals surface area contributed by atoms with Crippen LogP contribution in [0.3, 0.4) is 0 Å². The molecule has 1 heterocycles. The molecular formula is C18H29N5O3. The van der Waals surface area contributed by atoms with Gasteiger partial charge in [-0.2, -0.15) is 5.53 Å². The fourth-order valence-corrected chi connectivity index (χ4v) is 2.91. The van der Waals surface area contributed by atoms with E-state index in [1.54, 1.807) is 34.1 Å². The van der Waals surface area contributed by atoms with Crippen LogP contribution >= 0.6 is 0 Å². The maximum absolute atomic E-state index is 12.7. The smallest absolute Gasteiger partial charge is 0.410 e. The lowest BCUT2D eigenvalue weighted by Crippen LogP contribution is -2.48. The summed E-state index contributed by atoms with van der Waals surface area (Å²) in [6.07, 6.45) is 1.18. The van der Waals surface area contributed by atoms with E-state index in [2.05, 4.69) is 11.0 Å². The first kappa shape index (κ1) is 20.0. The van der Waals surface area contributed by atoms with Crippen molar-refractivity contribution < 1.29 is 14.3 Å². The van der Waals surface area contributed by atoms with Gasteiger partial charge in [0.2, 0.25) is 0 Å². The summed E-state index contributed by atoms with van der Waals surface area (Å²) in [6.45, 7) is 6.74. The van der Waals surface area contributed by atoms with E-state index in [0.717, 1.165) is 18.5 Å². The summed E-state index contributed by atoms with van der Waals surface area (Å²) in [7, 11) is 1.81. The average molecular weight is 363 g/mol. The number of anilines is 1. The number of nitrogens with zero attached hydrogens (tertiary/aromatic N) is 2. The first-order valence-electron chi connectivity index (χ1n) is 8.78. The highest BCUT2D eigenvalue weighted by Crippen LogP contribution is 2.20. The number of nitrogens with two attached hydrogens (primary N) is 1. The number of rotatable bonds is 4. The summed E-state index contributed by atoms with van der Waals surface area (Å²) in [5.74, 6) is 5.16. The third-order valence-corrected chi connectivity index (χ3v) is 4.33. The zero-order chi connectivity index (χ0) is 19.3. The minimum atomic E-state index is -0.499. The fraction of sp³-hybridized carbons (Fsp3) is 0.556. The van der Waals surface area contributed by atoms with Crippen molar-refractivity contribution in [2.75, 3.05) is 25.6 Å². The predicted molar refractivity (Wildman–Crippen MR) is 100 cm³/mol. The van der Waals surface area contributed by atoms with E-state index < -0.39 is 5.60 Å². The topological polar surface area (TPSA) is 99.9 Å². The number of ether oxygens (including phenoxy) is 1. The molecule has 8 nitrogen and oxygen atoms in total. The Morgan fingerprint density at radius 1 is 1.19 bits per heavy atom. The van der Waals surface area contributed by atoms with Gasteiger partial charge in [-0.25, -0.2) is 4.79 Å². The maximum Gasteiger partial charge on any atom is 0.410 e. The summed E-state index contributed by atoms with van der Waals surface area (Å²) in [4.78, 5) is 28.3. The second-order valence-electron chi connectivity index (χ2n) is 7.46. The molecule has 1 aliphatic heterocycles. The summed E-state index contributed by atoms with van der Waals surface area (Å²) in [5.41, 5.74) is 5.99. The molecule has 2 rings (SSSR count). The Hall–Kier alpha value is -2.32. The van der Waals surface area contributed by atoms with E-state index in [1.165, 1.54) is 0 Å². The van der Waals surface area contributed by atoms with Crippen LogP contribution in [0, 0.1) is 0 Å². The molecule has 26 heavy (non-hydrogen) atoms. The summed E-state index contributed by atoms with van der Waals surface area (Å²) in [6, 6.07) is 7.19. The molecule has 0 saturated carbocycles. The lowest BCUT2D eigenvalue weighted by Gasteiger charge is -2.37. The first-order valence-corrected chi connectivity index (χ1v) is 8.78. The summed E-state index contributed by atoms with van der Waals surface area (Å²) in [5, 5.41) is 0.